The molecule has 0 saturated heterocycles. The molecule has 17 heavy (non-hydrogen) atoms. The number of hydrogen-bond acceptors (Lipinski definition) is 2. The summed E-state index contributed by atoms with van der Waals surface area (Å²) in [7, 11) is 0. The Bertz CT molecular complexity index is 484. The topological polar surface area (TPSA) is 12.0 Å². The van der Waals surface area contributed by atoms with E-state index < -0.39 is 0 Å². The van der Waals surface area contributed by atoms with Crippen LogP contribution in [-0.2, 0) is 6.54 Å². The van der Waals surface area contributed by atoms with Gasteiger partial charge in [-0.2, -0.15) is 0 Å². The van der Waals surface area contributed by atoms with Crippen LogP contribution < -0.4 is 5.32 Å². The molecule has 1 heterocycles. The number of halogens is 2. The highest BCUT2D eigenvalue weighted by atomic mass is 35.5. The van der Waals surface area contributed by atoms with Gasteiger partial charge in [0.05, 0.1) is 5.02 Å². The number of hydrogen-bond donors (Lipinski definition) is 1. The SMILES string of the molecule is CC(NCc1ccc(F)c(Cl)c1)c1cccs1. The van der Waals surface area contributed by atoms with Gasteiger partial charge >= 0.3 is 0 Å². The Kier molecular flexibility index (Phi) is 4.15. The van der Waals surface area contributed by atoms with Crippen LogP contribution in [-0.4, -0.2) is 0 Å². The van der Waals surface area contributed by atoms with E-state index in [9.17, 15) is 4.39 Å². The van der Waals surface area contributed by atoms with Gasteiger partial charge in [0.25, 0.3) is 0 Å². The van der Waals surface area contributed by atoms with Crippen LogP contribution >= 0.6 is 22.9 Å². The summed E-state index contributed by atoms with van der Waals surface area (Å²) < 4.78 is 13.0. The zero-order chi connectivity index (χ0) is 12.3. The Morgan fingerprint density at radius 1 is 1.41 bits per heavy atom. The second-order valence-electron chi connectivity index (χ2n) is 3.87. The Morgan fingerprint density at radius 2 is 2.24 bits per heavy atom. The summed E-state index contributed by atoms with van der Waals surface area (Å²) >= 11 is 7.45. The fourth-order valence-corrected chi connectivity index (χ4v) is 2.52. The molecule has 4 heteroatoms. The van der Waals surface area contributed by atoms with Crippen LogP contribution in [0.2, 0.25) is 5.02 Å². The standard InChI is InChI=1S/C13H13ClFNS/c1-9(13-3-2-6-17-13)16-8-10-4-5-12(15)11(14)7-10/h2-7,9,16H,8H2,1H3. The normalized spacial score (nSPS) is 12.6. The van der Waals surface area contributed by atoms with Crippen molar-refractivity contribution in [1.82, 2.24) is 5.32 Å². The molecule has 0 saturated carbocycles. The lowest BCUT2D eigenvalue weighted by molar-refractivity contribution is 0.580. The Balaban J connectivity index is 1.96. The molecule has 2 aromatic rings. The first-order valence-corrected chi connectivity index (χ1v) is 6.63. The van der Waals surface area contributed by atoms with Crippen LogP contribution in [0.15, 0.2) is 35.7 Å². The molecule has 0 spiro atoms. The third kappa shape index (κ3) is 3.28. The number of benzene rings is 1. The van der Waals surface area contributed by atoms with Crippen molar-refractivity contribution >= 4 is 22.9 Å². The molecular formula is C13H13ClFNS. The van der Waals surface area contributed by atoms with E-state index in [0.717, 1.165) is 5.56 Å². The minimum Gasteiger partial charge on any atom is -0.305 e. The van der Waals surface area contributed by atoms with Crippen LogP contribution in [0.25, 0.3) is 0 Å². The van der Waals surface area contributed by atoms with E-state index in [1.807, 2.05) is 6.07 Å². The molecule has 0 fully saturated rings. The lowest BCUT2D eigenvalue weighted by atomic mass is 10.2. The Labute approximate surface area is 109 Å². The highest BCUT2D eigenvalue weighted by molar-refractivity contribution is 7.10. The van der Waals surface area contributed by atoms with Gasteiger partial charge in [0.1, 0.15) is 5.82 Å². The molecule has 1 nitrogen and oxygen atoms in total. The van der Waals surface area contributed by atoms with Crippen LogP contribution in [0.5, 0.6) is 0 Å². The molecule has 1 N–H and O–H groups in total. The van der Waals surface area contributed by atoms with Gasteiger partial charge in [-0.15, -0.1) is 11.3 Å². The van der Waals surface area contributed by atoms with Crippen molar-refractivity contribution < 1.29 is 4.39 Å². The van der Waals surface area contributed by atoms with Gasteiger partial charge in [0, 0.05) is 17.5 Å². The van der Waals surface area contributed by atoms with Gasteiger partial charge in [-0.1, -0.05) is 23.7 Å². The van der Waals surface area contributed by atoms with Gasteiger partial charge in [0.2, 0.25) is 0 Å². The monoisotopic (exact) mass is 269 g/mol. The summed E-state index contributed by atoms with van der Waals surface area (Å²) in [4.78, 5) is 1.29. The Hall–Kier alpha value is -0.900. The maximum atomic E-state index is 13.0. The maximum absolute atomic E-state index is 13.0. The van der Waals surface area contributed by atoms with Crippen molar-refractivity contribution in [1.29, 1.82) is 0 Å². The lowest BCUT2D eigenvalue weighted by Crippen LogP contribution is -2.17. The van der Waals surface area contributed by atoms with E-state index in [-0.39, 0.29) is 10.8 Å². The summed E-state index contributed by atoms with van der Waals surface area (Å²) in [5.74, 6) is -0.373. The minimum atomic E-state index is -0.373. The molecule has 0 bridgehead atoms. The molecule has 0 aliphatic rings. The van der Waals surface area contributed by atoms with E-state index >= 15 is 0 Å². The molecule has 1 atom stereocenters. The van der Waals surface area contributed by atoms with E-state index in [2.05, 4.69) is 23.7 Å². The predicted molar refractivity (Wildman–Crippen MR) is 71.0 cm³/mol. The van der Waals surface area contributed by atoms with Crippen molar-refractivity contribution in [3.63, 3.8) is 0 Å². The first-order chi connectivity index (χ1) is 8.16. The van der Waals surface area contributed by atoms with Gasteiger partial charge < -0.3 is 5.32 Å². The second-order valence-corrected chi connectivity index (χ2v) is 5.25. The van der Waals surface area contributed by atoms with Crippen molar-refractivity contribution in [2.75, 3.05) is 0 Å². The van der Waals surface area contributed by atoms with Crippen molar-refractivity contribution in [2.24, 2.45) is 0 Å². The molecule has 0 aliphatic heterocycles. The number of rotatable bonds is 4. The van der Waals surface area contributed by atoms with E-state index in [4.69, 9.17) is 11.6 Å². The summed E-state index contributed by atoms with van der Waals surface area (Å²) in [6, 6.07) is 9.22. The van der Waals surface area contributed by atoms with Gasteiger partial charge in [-0.3, -0.25) is 0 Å². The third-order valence-electron chi connectivity index (χ3n) is 2.57. The third-order valence-corrected chi connectivity index (χ3v) is 3.91. The average molecular weight is 270 g/mol. The predicted octanol–water partition coefficient (Wildman–Crippen LogP) is 4.39. The number of nitrogens with one attached hydrogen (secondary N) is 1. The molecule has 1 unspecified atom stereocenters. The minimum absolute atomic E-state index is 0.174. The van der Waals surface area contributed by atoms with Crippen LogP contribution in [0.3, 0.4) is 0 Å². The summed E-state index contributed by atoms with van der Waals surface area (Å²) in [6.07, 6.45) is 0. The number of thiophene rings is 1. The summed E-state index contributed by atoms with van der Waals surface area (Å²) in [6.45, 7) is 2.79. The second kappa shape index (κ2) is 5.63. The smallest absolute Gasteiger partial charge is 0.141 e. The van der Waals surface area contributed by atoms with Gasteiger partial charge in [0.15, 0.2) is 0 Å². The van der Waals surface area contributed by atoms with Crippen molar-refractivity contribution in [2.45, 2.75) is 19.5 Å². The first kappa shape index (κ1) is 12.6. The first-order valence-electron chi connectivity index (χ1n) is 5.37. The van der Waals surface area contributed by atoms with Gasteiger partial charge in [-0.25, -0.2) is 4.39 Å². The zero-order valence-corrected chi connectivity index (χ0v) is 11.0. The van der Waals surface area contributed by atoms with E-state index in [0.29, 0.717) is 12.6 Å². The maximum Gasteiger partial charge on any atom is 0.141 e. The fourth-order valence-electron chi connectivity index (χ4n) is 1.56. The molecule has 2 rings (SSSR count). The van der Waals surface area contributed by atoms with Crippen LogP contribution in [0.4, 0.5) is 4.39 Å². The van der Waals surface area contributed by atoms with Crippen molar-refractivity contribution in [3.05, 3.63) is 57.0 Å². The summed E-state index contributed by atoms with van der Waals surface area (Å²) in [5, 5.41) is 5.61. The van der Waals surface area contributed by atoms with E-state index in [1.165, 1.54) is 10.9 Å². The lowest BCUT2D eigenvalue weighted by Gasteiger charge is -2.12. The highest BCUT2D eigenvalue weighted by Gasteiger charge is 2.06. The molecule has 0 amide bonds. The molecule has 90 valence electrons. The Morgan fingerprint density at radius 3 is 2.88 bits per heavy atom. The molecule has 1 aromatic carbocycles. The molecule has 0 aliphatic carbocycles. The summed E-state index contributed by atoms with van der Waals surface area (Å²) in [5.41, 5.74) is 0.986. The fraction of sp³-hybridized carbons (Fsp3) is 0.231. The quantitative estimate of drug-likeness (QED) is 0.868. The average Bonchev–Trinajstić information content (AvgIpc) is 2.84. The van der Waals surface area contributed by atoms with E-state index in [1.54, 1.807) is 23.5 Å². The molecular weight excluding hydrogens is 257 g/mol. The van der Waals surface area contributed by atoms with Crippen LogP contribution in [0, 0.1) is 5.82 Å². The molecule has 0 radical (unpaired) electrons. The van der Waals surface area contributed by atoms with Crippen molar-refractivity contribution in [3.8, 4) is 0 Å². The zero-order valence-electron chi connectivity index (χ0n) is 9.41. The molecule has 1 aromatic heterocycles. The highest BCUT2D eigenvalue weighted by Crippen LogP contribution is 2.20. The van der Waals surface area contributed by atoms with Gasteiger partial charge in [-0.05, 0) is 36.1 Å². The van der Waals surface area contributed by atoms with Crippen LogP contribution in [0.1, 0.15) is 23.4 Å². The largest absolute Gasteiger partial charge is 0.305 e.